The molecule has 0 heteroatoms. The van der Waals surface area contributed by atoms with Crippen LogP contribution in [0.4, 0.5) is 0 Å². The van der Waals surface area contributed by atoms with Crippen molar-refractivity contribution in [3.63, 3.8) is 0 Å². The highest BCUT2D eigenvalue weighted by Gasteiger charge is 2.29. The molecule has 0 amide bonds. The van der Waals surface area contributed by atoms with E-state index in [2.05, 4.69) is 6.92 Å². The van der Waals surface area contributed by atoms with Crippen molar-refractivity contribution in [2.45, 2.75) is 51.9 Å². The molecule has 0 nitrogen and oxygen atoms in total. The van der Waals surface area contributed by atoms with Crippen molar-refractivity contribution in [1.29, 1.82) is 0 Å². The number of rotatable bonds is 3. The van der Waals surface area contributed by atoms with Gasteiger partial charge in [-0.15, -0.1) is 0 Å². The first-order valence-electron chi connectivity index (χ1n) is 5.38. The summed E-state index contributed by atoms with van der Waals surface area (Å²) in [6.07, 6.45) is 10.8. The first-order valence-corrected chi connectivity index (χ1v) is 5.38. The SMILES string of the molecule is CCC1CCC(CC2CC2)C1. The standard InChI is InChI=1S/C11H20/c1-2-9-3-6-11(7-9)8-10-4-5-10/h9-11H,2-8H2,1H3. The van der Waals surface area contributed by atoms with Crippen molar-refractivity contribution in [3.8, 4) is 0 Å². The van der Waals surface area contributed by atoms with Crippen LogP contribution in [0.3, 0.4) is 0 Å². The Balaban J connectivity index is 1.70. The lowest BCUT2D eigenvalue weighted by atomic mass is 9.98. The van der Waals surface area contributed by atoms with Gasteiger partial charge in [-0.3, -0.25) is 0 Å². The first kappa shape index (κ1) is 7.64. The molecule has 0 saturated heterocycles. The molecular formula is C11H20. The lowest BCUT2D eigenvalue weighted by Crippen LogP contribution is -1.96. The fourth-order valence-electron chi connectivity index (χ4n) is 2.59. The van der Waals surface area contributed by atoms with E-state index in [1.807, 2.05) is 0 Å². The lowest BCUT2D eigenvalue weighted by Gasteiger charge is -2.08. The van der Waals surface area contributed by atoms with Crippen molar-refractivity contribution in [3.05, 3.63) is 0 Å². The Morgan fingerprint density at radius 2 is 1.55 bits per heavy atom. The molecule has 2 unspecified atom stereocenters. The van der Waals surface area contributed by atoms with Gasteiger partial charge in [-0.1, -0.05) is 39.0 Å². The Bertz CT molecular complexity index is 124. The van der Waals surface area contributed by atoms with Crippen molar-refractivity contribution in [1.82, 2.24) is 0 Å². The number of hydrogen-bond donors (Lipinski definition) is 0. The molecule has 2 aliphatic carbocycles. The van der Waals surface area contributed by atoms with Crippen LogP contribution in [-0.4, -0.2) is 0 Å². The van der Waals surface area contributed by atoms with E-state index in [1.54, 1.807) is 32.1 Å². The molecule has 11 heavy (non-hydrogen) atoms. The molecule has 2 rings (SSSR count). The smallest absolute Gasteiger partial charge is 0.0409 e. The summed E-state index contributed by atoms with van der Waals surface area (Å²) in [7, 11) is 0. The molecule has 0 radical (unpaired) electrons. The first-order chi connectivity index (χ1) is 5.38. The molecule has 0 N–H and O–H groups in total. The van der Waals surface area contributed by atoms with Crippen LogP contribution in [0.2, 0.25) is 0 Å². The van der Waals surface area contributed by atoms with Crippen molar-refractivity contribution >= 4 is 0 Å². The molecule has 0 aromatic heterocycles. The van der Waals surface area contributed by atoms with Gasteiger partial charge in [-0.05, 0) is 30.6 Å². The zero-order valence-corrected chi connectivity index (χ0v) is 7.68. The second-order valence-electron chi connectivity index (χ2n) is 4.63. The van der Waals surface area contributed by atoms with E-state index < -0.39 is 0 Å². The summed E-state index contributed by atoms with van der Waals surface area (Å²) in [4.78, 5) is 0. The third kappa shape index (κ3) is 1.98. The minimum atomic E-state index is 1.10. The van der Waals surface area contributed by atoms with Crippen LogP contribution < -0.4 is 0 Å². The third-order valence-corrected chi connectivity index (χ3v) is 3.59. The predicted octanol–water partition coefficient (Wildman–Crippen LogP) is 3.61. The van der Waals surface area contributed by atoms with Crippen LogP contribution in [0, 0.1) is 17.8 Å². The van der Waals surface area contributed by atoms with E-state index in [0.717, 1.165) is 17.8 Å². The van der Waals surface area contributed by atoms with E-state index in [9.17, 15) is 0 Å². The maximum absolute atomic E-state index is 2.35. The minimum Gasteiger partial charge on any atom is -0.0651 e. The monoisotopic (exact) mass is 152 g/mol. The summed E-state index contributed by atoms with van der Waals surface area (Å²) < 4.78 is 0. The zero-order valence-electron chi connectivity index (χ0n) is 7.68. The highest BCUT2D eigenvalue weighted by molar-refractivity contribution is 4.81. The molecule has 0 heterocycles. The molecule has 2 aliphatic rings. The molecule has 2 saturated carbocycles. The van der Waals surface area contributed by atoms with Crippen molar-refractivity contribution in [2.24, 2.45) is 17.8 Å². The van der Waals surface area contributed by atoms with Crippen LogP contribution >= 0.6 is 0 Å². The summed E-state index contributed by atoms with van der Waals surface area (Å²) in [6.45, 7) is 2.35. The van der Waals surface area contributed by atoms with E-state index in [-0.39, 0.29) is 0 Å². The maximum Gasteiger partial charge on any atom is -0.0409 e. The van der Waals surface area contributed by atoms with Gasteiger partial charge in [0, 0.05) is 0 Å². The summed E-state index contributed by atoms with van der Waals surface area (Å²) in [5.74, 6) is 3.39. The van der Waals surface area contributed by atoms with Gasteiger partial charge in [0.1, 0.15) is 0 Å². The highest BCUT2D eigenvalue weighted by atomic mass is 14.4. The Hall–Kier alpha value is 0. The lowest BCUT2D eigenvalue weighted by molar-refractivity contribution is 0.437. The molecular weight excluding hydrogens is 132 g/mol. The fraction of sp³-hybridized carbons (Fsp3) is 1.00. The highest BCUT2D eigenvalue weighted by Crippen LogP contribution is 2.42. The van der Waals surface area contributed by atoms with Gasteiger partial charge < -0.3 is 0 Å². The molecule has 0 spiro atoms. The molecule has 0 aromatic carbocycles. The van der Waals surface area contributed by atoms with E-state index in [1.165, 1.54) is 12.8 Å². The summed E-state index contributed by atoms with van der Waals surface area (Å²) >= 11 is 0. The van der Waals surface area contributed by atoms with Gasteiger partial charge in [-0.25, -0.2) is 0 Å². The van der Waals surface area contributed by atoms with E-state index in [4.69, 9.17) is 0 Å². The van der Waals surface area contributed by atoms with E-state index >= 15 is 0 Å². The molecule has 0 bridgehead atoms. The average molecular weight is 152 g/mol. The van der Waals surface area contributed by atoms with Crippen LogP contribution in [0.25, 0.3) is 0 Å². The van der Waals surface area contributed by atoms with E-state index in [0.29, 0.717) is 0 Å². The zero-order chi connectivity index (χ0) is 7.68. The van der Waals surface area contributed by atoms with Crippen LogP contribution in [0.15, 0.2) is 0 Å². The van der Waals surface area contributed by atoms with Gasteiger partial charge in [0.05, 0.1) is 0 Å². The topological polar surface area (TPSA) is 0 Å². The Kier molecular flexibility index (Phi) is 2.20. The second kappa shape index (κ2) is 3.16. The quantitative estimate of drug-likeness (QED) is 0.579. The molecule has 0 aromatic rings. The Labute approximate surface area is 70.4 Å². The van der Waals surface area contributed by atoms with Gasteiger partial charge in [0.2, 0.25) is 0 Å². The normalized spacial score (nSPS) is 37.9. The number of hydrogen-bond acceptors (Lipinski definition) is 0. The molecule has 2 fully saturated rings. The summed E-state index contributed by atoms with van der Waals surface area (Å²) in [5, 5.41) is 0. The van der Waals surface area contributed by atoms with Gasteiger partial charge >= 0.3 is 0 Å². The minimum absolute atomic E-state index is 1.10. The van der Waals surface area contributed by atoms with Crippen LogP contribution in [0.5, 0.6) is 0 Å². The fourth-order valence-corrected chi connectivity index (χ4v) is 2.59. The molecule has 64 valence electrons. The average Bonchev–Trinajstić information content (AvgIpc) is 2.68. The van der Waals surface area contributed by atoms with Crippen molar-refractivity contribution in [2.75, 3.05) is 0 Å². The second-order valence-corrected chi connectivity index (χ2v) is 4.63. The van der Waals surface area contributed by atoms with Crippen LogP contribution in [-0.2, 0) is 0 Å². The van der Waals surface area contributed by atoms with Gasteiger partial charge in [0.25, 0.3) is 0 Å². The largest absolute Gasteiger partial charge is 0.0651 e. The third-order valence-electron chi connectivity index (χ3n) is 3.59. The molecule has 0 aliphatic heterocycles. The van der Waals surface area contributed by atoms with Crippen molar-refractivity contribution < 1.29 is 0 Å². The van der Waals surface area contributed by atoms with Gasteiger partial charge in [-0.2, -0.15) is 0 Å². The van der Waals surface area contributed by atoms with Crippen LogP contribution in [0.1, 0.15) is 51.9 Å². The summed E-state index contributed by atoms with van der Waals surface area (Å²) in [5.41, 5.74) is 0. The Morgan fingerprint density at radius 3 is 2.09 bits per heavy atom. The summed E-state index contributed by atoms with van der Waals surface area (Å²) in [6, 6.07) is 0. The maximum atomic E-state index is 2.35. The Morgan fingerprint density at radius 1 is 0.909 bits per heavy atom. The van der Waals surface area contributed by atoms with Gasteiger partial charge in [0.15, 0.2) is 0 Å². The predicted molar refractivity (Wildman–Crippen MR) is 48.5 cm³/mol. The molecule has 2 atom stereocenters.